The Balaban J connectivity index is 2.16. The number of aliphatic imine (C=N–C) groups is 1. The summed E-state index contributed by atoms with van der Waals surface area (Å²) in [5, 5.41) is 0. The van der Waals surface area contributed by atoms with Crippen LogP contribution in [0.1, 0.15) is 67.2 Å². The van der Waals surface area contributed by atoms with E-state index in [1.165, 1.54) is 25.7 Å². The van der Waals surface area contributed by atoms with E-state index in [0.29, 0.717) is 11.3 Å². The third kappa shape index (κ3) is 2.51. The van der Waals surface area contributed by atoms with Crippen LogP contribution in [0.15, 0.2) is 4.99 Å². The molecule has 0 aromatic heterocycles. The molecule has 0 aliphatic heterocycles. The fraction of sp³-hybridized carbons (Fsp3) is 0.941. The Morgan fingerprint density at radius 1 is 1.28 bits per heavy atom. The highest BCUT2D eigenvalue weighted by atomic mass is 14.8. The van der Waals surface area contributed by atoms with E-state index >= 15 is 0 Å². The summed E-state index contributed by atoms with van der Waals surface area (Å²) < 4.78 is 0. The molecule has 2 saturated carbocycles. The standard InChI is InChI=1S/C17H31N/c1-7-12(11-18-16(2,3)4)15-13-8-9-14(10-13)17(15,5)6/h11-15H,7-10H2,1-6H3/t12-,13+,14-,15+/m0/s1. The van der Waals surface area contributed by atoms with Crippen LogP contribution in [0.5, 0.6) is 0 Å². The SMILES string of the molecule is CC[C@@H](C=NC(C)(C)C)[C@@H]1[C@@H]2CC[C@@H](C2)C1(C)C. The van der Waals surface area contributed by atoms with E-state index in [1.807, 2.05) is 0 Å². The van der Waals surface area contributed by atoms with Crippen LogP contribution in [0.25, 0.3) is 0 Å². The highest BCUT2D eigenvalue weighted by Gasteiger charge is 2.54. The van der Waals surface area contributed by atoms with Crippen molar-refractivity contribution in [1.29, 1.82) is 0 Å². The van der Waals surface area contributed by atoms with E-state index in [4.69, 9.17) is 4.99 Å². The summed E-state index contributed by atoms with van der Waals surface area (Å²) in [6, 6.07) is 0. The molecule has 2 aliphatic carbocycles. The zero-order valence-electron chi connectivity index (χ0n) is 13.2. The largest absolute Gasteiger partial charge is 0.291 e. The molecule has 0 heterocycles. The van der Waals surface area contributed by atoms with Crippen LogP contribution in [0.2, 0.25) is 0 Å². The Morgan fingerprint density at radius 3 is 2.39 bits per heavy atom. The average molecular weight is 249 g/mol. The van der Waals surface area contributed by atoms with Gasteiger partial charge in [0.1, 0.15) is 0 Å². The molecule has 18 heavy (non-hydrogen) atoms. The van der Waals surface area contributed by atoms with Gasteiger partial charge in [-0.05, 0) is 75.5 Å². The fourth-order valence-corrected chi connectivity index (χ4v) is 4.57. The zero-order chi connectivity index (χ0) is 13.6. The van der Waals surface area contributed by atoms with Crippen molar-refractivity contribution < 1.29 is 0 Å². The molecule has 0 aromatic rings. The van der Waals surface area contributed by atoms with Crippen molar-refractivity contribution >= 4 is 6.21 Å². The van der Waals surface area contributed by atoms with Gasteiger partial charge in [-0.25, -0.2) is 0 Å². The Bertz CT molecular complexity index is 321. The molecule has 0 N–H and O–H groups in total. The van der Waals surface area contributed by atoms with Crippen LogP contribution in [-0.2, 0) is 0 Å². The topological polar surface area (TPSA) is 12.4 Å². The van der Waals surface area contributed by atoms with Gasteiger partial charge in [0, 0.05) is 6.21 Å². The van der Waals surface area contributed by atoms with Gasteiger partial charge >= 0.3 is 0 Å². The molecule has 0 aromatic carbocycles. The lowest BCUT2D eigenvalue weighted by molar-refractivity contribution is 0.0930. The molecular formula is C17H31N. The van der Waals surface area contributed by atoms with Crippen molar-refractivity contribution in [2.75, 3.05) is 0 Å². The van der Waals surface area contributed by atoms with Crippen molar-refractivity contribution in [1.82, 2.24) is 0 Å². The maximum atomic E-state index is 4.80. The predicted molar refractivity (Wildman–Crippen MR) is 80.1 cm³/mol. The van der Waals surface area contributed by atoms with Gasteiger partial charge in [-0.1, -0.05) is 20.8 Å². The van der Waals surface area contributed by atoms with Gasteiger partial charge in [0.2, 0.25) is 0 Å². The lowest BCUT2D eigenvalue weighted by atomic mass is 9.63. The van der Waals surface area contributed by atoms with Crippen molar-refractivity contribution in [3.8, 4) is 0 Å². The van der Waals surface area contributed by atoms with Gasteiger partial charge in [0.25, 0.3) is 0 Å². The Morgan fingerprint density at radius 2 is 1.94 bits per heavy atom. The molecular weight excluding hydrogens is 218 g/mol. The molecule has 0 saturated heterocycles. The van der Waals surface area contributed by atoms with Gasteiger partial charge in [-0.2, -0.15) is 0 Å². The lowest BCUT2D eigenvalue weighted by Crippen LogP contribution is -2.36. The van der Waals surface area contributed by atoms with E-state index in [9.17, 15) is 0 Å². The monoisotopic (exact) mass is 249 g/mol. The molecule has 2 fully saturated rings. The highest BCUT2D eigenvalue weighted by Crippen LogP contribution is 2.61. The third-order valence-corrected chi connectivity index (χ3v) is 5.48. The van der Waals surface area contributed by atoms with E-state index < -0.39 is 0 Å². The summed E-state index contributed by atoms with van der Waals surface area (Å²) in [5.41, 5.74) is 0.614. The second kappa shape index (κ2) is 4.65. The molecule has 104 valence electrons. The molecule has 1 heteroatoms. The molecule has 0 radical (unpaired) electrons. The number of rotatable bonds is 3. The number of hydrogen-bond acceptors (Lipinski definition) is 1. The summed E-state index contributed by atoms with van der Waals surface area (Å²) >= 11 is 0. The summed E-state index contributed by atoms with van der Waals surface area (Å²) in [6.07, 6.45) is 7.97. The molecule has 4 atom stereocenters. The van der Waals surface area contributed by atoms with Gasteiger partial charge in [-0.3, -0.25) is 4.99 Å². The van der Waals surface area contributed by atoms with E-state index in [0.717, 1.165) is 17.8 Å². The average Bonchev–Trinajstić information content (AvgIpc) is 2.78. The van der Waals surface area contributed by atoms with Crippen molar-refractivity contribution in [2.24, 2.45) is 34.1 Å². The zero-order valence-corrected chi connectivity index (χ0v) is 13.2. The Hall–Kier alpha value is -0.330. The molecule has 0 unspecified atom stereocenters. The number of fused-ring (bicyclic) bond motifs is 2. The van der Waals surface area contributed by atoms with Crippen molar-refractivity contribution in [3.63, 3.8) is 0 Å². The highest BCUT2D eigenvalue weighted by molar-refractivity contribution is 5.62. The first kappa shape index (κ1) is 14.1. The second-order valence-electron chi connectivity index (χ2n) is 8.14. The first-order valence-electron chi connectivity index (χ1n) is 7.81. The van der Waals surface area contributed by atoms with Crippen LogP contribution in [0.3, 0.4) is 0 Å². The third-order valence-electron chi connectivity index (χ3n) is 5.48. The molecule has 0 spiro atoms. The summed E-state index contributed by atoms with van der Waals surface area (Å²) in [4.78, 5) is 4.80. The van der Waals surface area contributed by atoms with E-state index in [-0.39, 0.29) is 5.54 Å². The van der Waals surface area contributed by atoms with Gasteiger partial charge < -0.3 is 0 Å². The molecule has 2 rings (SSSR count). The minimum Gasteiger partial charge on any atom is -0.291 e. The second-order valence-corrected chi connectivity index (χ2v) is 8.14. The summed E-state index contributed by atoms with van der Waals surface area (Å²) in [5.74, 6) is 3.51. The Labute approximate surface area is 113 Å². The molecule has 1 nitrogen and oxygen atoms in total. The van der Waals surface area contributed by atoms with Crippen LogP contribution >= 0.6 is 0 Å². The maximum absolute atomic E-state index is 4.80. The Kier molecular flexibility index (Phi) is 3.64. The predicted octanol–water partition coefficient (Wildman–Crippen LogP) is 4.95. The summed E-state index contributed by atoms with van der Waals surface area (Å²) in [6.45, 7) is 13.9. The van der Waals surface area contributed by atoms with Crippen molar-refractivity contribution in [3.05, 3.63) is 0 Å². The number of hydrogen-bond donors (Lipinski definition) is 0. The van der Waals surface area contributed by atoms with Crippen LogP contribution in [-0.4, -0.2) is 11.8 Å². The minimum absolute atomic E-state index is 0.0786. The first-order valence-corrected chi connectivity index (χ1v) is 7.81. The molecule has 2 bridgehead atoms. The van der Waals surface area contributed by atoms with Crippen LogP contribution in [0, 0.1) is 29.1 Å². The normalized spacial score (nSPS) is 36.4. The van der Waals surface area contributed by atoms with Gasteiger partial charge in [0.05, 0.1) is 5.54 Å². The number of nitrogens with zero attached hydrogens (tertiary/aromatic N) is 1. The van der Waals surface area contributed by atoms with Gasteiger partial charge in [0.15, 0.2) is 0 Å². The molecule has 2 aliphatic rings. The van der Waals surface area contributed by atoms with Crippen molar-refractivity contribution in [2.45, 2.75) is 72.8 Å². The minimum atomic E-state index is 0.0786. The van der Waals surface area contributed by atoms with Crippen LogP contribution < -0.4 is 0 Å². The molecule has 0 amide bonds. The van der Waals surface area contributed by atoms with E-state index in [1.54, 1.807) is 0 Å². The fourth-order valence-electron chi connectivity index (χ4n) is 4.57. The first-order chi connectivity index (χ1) is 8.25. The van der Waals surface area contributed by atoms with Crippen LogP contribution in [0.4, 0.5) is 0 Å². The van der Waals surface area contributed by atoms with Gasteiger partial charge in [-0.15, -0.1) is 0 Å². The lowest BCUT2D eigenvalue weighted by Gasteiger charge is -2.41. The summed E-state index contributed by atoms with van der Waals surface area (Å²) in [7, 11) is 0. The van der Waals surface area contributed by atoms with E-state index in [2.05, 4.69) is 47.8 Å². The maximum Gasteiger partial charge on any atom is 0.0520 e. The quantitative estimate of drug-likeness (QED) is 0.627. The smallest absolute Gasteiger partial charge is 0.0520 e.